The molecule has 17 nitrogen and oxygen atoms in total. The van der Waals surface area contributed by atoms with E-state index in [1.807, 2.05) is 19.1 Å². The number of benzene rings is 2. The van der Waals surface area contributed by atoms with Gasteiger partial charge in [-0.2, -0.15) is 5.10 Å². The zero-order valence-electron chi connectivity index (χ0n) is 34.7. The van der Waals surface area contributed by atoms with Gasteiger partial charge in [-0.05, 0) is 43.0 Å². The maximum absolute atomic E-state index is 15.5. The summed E-state index contributed by atoms with van der Waals surface area (Å²) in [5.41, 5.74) is 3.01. The van der Waals surface area contributed by atoms with Crippen molar-refractivity contribution in [1.29, 1.82) is 0 Å². The van der Waals surface area contributed by atoms with Crippen molar-refractivity contribution in [3.63, 3.8) is 0 Å². The molecule has 0 saturated carbocycles. The Labute approximate surface area is 358 Å². The fraction of sp³-hybridized carbons (Fsp3) is 0.548. The number of hydrogen-bond donors (Lipinski definition) is 4. The molecule has 4 bridgehead atoms. The van der Waals surface area contributed by atoms with Gasteiger partial charge in [0.25, 0.3) is 0 Å². The molecule has 19 heteroatoms. The summed E-state index contributed by atoms with van der Waals surface area (Å²) in [6.45, 7) is 6.05. The third-order valence-electron chi connectivity index (χ3n) is 10.6. The van der Waals surface area contributed by atoms with Crippen LogP contribution in [0.2, 0.25) is 0 Å². The van der Waals surface area contributed by atoms with E-state index < -0.39 is 30.1 Å². The van der Waals surface area contributed by atoms with Gasteiger partial charge >= 0.3 is 12.4 Å². The van der Waals surface area contributed by atoms with E-state index in [0.29, 0.717) is 99.5 Å². The summed E-state index contributed by atoms with van der Waals surface area (Å²) >= 11 is 5.60. The van der Waals surface area contributed by atoms with E-state index in [0.717, 1.165) is 49.2 Å². The smallest absolute Gasteiger partial charge is 0.327 e. The first-order chi connectivity index (χ1) is 29.6. The van der Waals surface area contributed by atoms with Crippen molar-refractivity contribution in [3.8, 4) is 11.1 Å². The normalized spacial score (nSPS) is 16.5. The molecule has 5 heterocycles. The molecule has 2 aromatic carbocycles. The number of ether oxygens (including phenoxy) is 3. The van der Waals surface area contributed by atoms with Crippen molar-refractivity contribution < 1.29 is 47.7 Å². The number of carboxylic acids is 1. The fourth-order valence-electron chi connectivity index (χ4n) is 7.45. The Morgan fingerprint density at radius 2 is 1.59 bits per heavy atom. The summed E-state index contributed by atoms with van der Waals surface area (Å²) < 4.78 is 33.2. The SMILES string of the molecule is CCCC(=O)NCCOCCOCCOCCCCCCCl.O=C[N+]12CCC(CC1)c1nn(CC(=O)NCC(=O)NCC(=O)O)c3cccc(c13)-c1cc3c(cnn32)cc1F. The highest BCUT2D eigenvalue weighted by molar-refractivity contribution is 6.17. The number of quaternary nitrogens is 1. The van der Waals surface area contributed by atoms with E-state index in [1.54, 1.807) is 27.8 Å². The zero-order chi connectivity index (χ0) is 43.6. The molecule has 3 aliphatic heterocycles. The summed E-state index contributed by atoms with van der Waals surface area (Å²) in [7, 11) is 0. The molecule has 1 fully saturated rings. The molecule has 3 aliphatic rings. The molecular weight excluding hydrogens is 815 g/mol. The second kappa shape index (κ2) is 23.8. The summed E-state index contributed by atoms with van der Waals surface area (Å²) in [6.07, 6.45) is 9.72. The van der Waals surface area contributed by atoms with Crippen LogP contribution in [0.5, 0.6) is 0 Å². The molecule has 0 atom stereocenters. The van der Waals surface area contributed by atoms with Crippen LogP contribution in [0, 0.1) is 5.82 Å². The fourth-order valence-corrected chi connectivity index (χ4v) is 7.64. The summed E-state index contributed by atoms with van der Waals surface area (Å²) in [6, 6.07) is 8.56. The quantitative estimate of drug-likeness (QED) is 0.0346. The van der Waals surface area contributed by atoms with Gasteiger partial charge in [0.15, 0.2) is 0 Å². The minimum atomic E-state index is -1.19. The number of nitrogens with zero attached hydrogens (tertiary/aromatic N) is 5. The number of amides is 4. The predicted octanol–water partition coefficient (Wildman–Crippen LogP) is 3.75. The number of unbranched alkanes of at least 4 members (excludes halogenated alkanes) is 3. The zero-order valence-corrected chi connectivity index (χ0v) is 35.4. The first kappa shape index (κ1) is 47.0. The van der Waals surface area contributed by atoms with E-state index in [-0.39, 0.29) is 29.5 Å². The highest BCUT2D eigenvalue weighted by atomic mass is 35.5. The van der Waals surface area contributed by atoms with Crippen LogP contribution in [-0.4, -0.2) is 133 Å². The topological polar surface area (TPSA) is 205 Å². The summed E-state index contributed by atoms with van der Waals surface area (Å²) in [5, 5.41) is 26.8. The van der Waals surface area contributed by atoms with Gasteiger partial charge in [0.1, 0.15) is 37.5 Å². The Morgan fingerprint density at radius 1 is 0.885 bits per heavy atom. The number of piperidine rings is 1. The minimum Gasteiger partial charge on any atom is -0.480 e. The molecule has 61 heavy (non-hydrogen) atoms. The Morgan fingerprint density at radius 3 is 2.30 bits per heavy atom. The van der Waals surface area contributed by atoms with Crippen LogP contribution in [0.4, 0.5) is 4.39 Å². The lowest BCUT2D eigenvalue weighted by molar-refractivity contribution is -0.137. The maximum Gasteiger partial charge on any atom is 0.327 e. The van der Waals surface area contributed by atoms with E-state index in [4.69, 9.17) is 36.0 Å². The number of alkyl halides is 1. The van der Waals surface area contributed by atoms with Gasteiger partial charge in [0, 0.05) is 60.5 Å². The lowest BCUT2D eigenvalue weighted by atomic mass is 9.89. The Kier molecular flexibility index (Phi) is 18.4. The number of carbonyl (C=O) groups is 5. The second-order valence-corrected chi connectivity index (χ2v) is 15.3. The van der Waals surface area contributed by atoms with E-state index >= 15 is 4.39 Å². The maximum atomic E-state index is 15.5. The van der Waals surface area contributed by atoms with Crippen LogP contribution in [0.3, 0.4) is 0 Å². The number of aliphatic carboxylic acids is 1. The molecule has 0 radical (unpaired) electrons. The number of carboxylic acid groups (broad SMARTS) is 1. The standard InChI is InChI=1S/C26H24FN7O5.C16H32ClNO4/c27-19-8-16-10-30-33-21(16)9-18(19)17-2-1-3-20-25(17)26(15-4-6-34(33,14-35)7-5-15)31-32(20)13-23(37)28-11-22(36)29-12-24(38)39;1-2-7-16(19)18-9-11-21-13-15-22-14-12-20-10-6-4-3-5-8-17/h1-3,8-10,14-15H,4-7,11-13H2,(H2-,28,29,36,37,38,39);2-15H2,1H3,(H,18,19)/p+1. The number of nitrogens with one attached hydrogen (secondary N) is 3. The monoisotopic (exact) mass is 871 g/mol. The number of carbonyl (C=O) groups excluding carboxylic acids is 4. The first-order valence-corrected chi connectivity index (χ1v) is 21.5. The summed E-state index contributed by atoms with van der Waals surface area (Å²) in [4.78, 5) is 60.4. The molecule has 4 aromatic rings. The summed E-state index contributed by atoms with van der Waals surface area (Å²) in [5.74, 6) is -1.93. The minimum absolute atomic E-state index is 0.0163. The van der Waals surface area contributed by atoms with Gasteiger partial charge in [0.2, 0.25) is 17.7 Å². The van der Waals surface area contributed by atoms with E-state index in [2.05, 4.69) is 21.0 Å². The van der Waals surface area contributed by atoms with Gasteiger partial charge in [-0.15, -0.1) is 21.3 Å². The number of rotatable bonds is 24. The highest BCUT2D eigenvalue weighted by Gasteiger charge is 2.41. The van der Waals surface area contributed by atoms with Crippen LogP contribution >= 0.6 is 11.6 Å². The van der Waals surface area contributed by atoms with Crippen LogP contribution < -0.4 is 20.5 Å². The van der Waals surface area contributed by atoms with Crippen LogP contribution in [0.25, 0.3) is 32.9 Å². The van der Waals surface area contributed by atoms with Crippen molar-refractivity contribution in [1.82, 2.24) is 40.2 Å². The van der Waals surface area contributed by atoms with Gasteiger partial charge < -0.3 is 35.3 Å². The second-order valence-electron chi connectivity index (χ2n) is 15.0. The third-order valence-corrected chi connectivity index (χ3v) is 10.8. The molecule has 1 saturated heterocycles. The third kappa shape index (κ3) is 13.0. The van der Waals surface area contributed by atoms with Gasteiger partial charge in [0.05, 0.1) is 57.0 Å². The molecule has 4 N–H and O–H groups in total. The Balaban J connectivity index is 0.000000275. The average Bonchev–Trinajstić information content (AvgIpc) is 3.84. The predicted molar refractivity (Wildman–Crippen MR) is 227 cm³/mol. The van der Waals surface area contributed by atoms with Crippen molar-refractivity contribution in [2.45, 2.75) is 70.8 Å². The lowest BCUT2D eigenvalue weighted by Gasteiger charge is -2.36. The molecule has 0 unspecified atom stereocenters. The molecule has 0 spiro atoms. The van der Waals surface area contributed by atoms with E-state index in [9.17, 15) is 24.0 Å². The van der Waals surface area contributed by atoms with Gasteiger partial charge in [-0.1, -0.05) is 36.7 Å². The lowest BCUT2D eigenvalue weighted by Crippen LogP contribution is -2.61. The van der Waals surface area contributed by atoms with E-state index in [1.165, 1.54) is 18.9 Å². The number of hydrogen-bond acceptors (Lipinski definition) is 10. The van der Waals surface area contributed by atoms with Crippen molar-refractivity contribution in [2.24, 2.45) is 0 Å². The first-order valence-electron chi connectivity index (χ1n) is 20.9. The molecule has 332 valence electrons. The molecule has 0 aliphatic carbocycles. The van der Waals surface area contributed by atoms with Crippen molar-refractivity contribution in [3.05, 3.63) is 48.0 Å². The van der Waals surface area contributed by atoms with Crippen molar-refractivity contribution >= 4 is 63.5 Å². The highest BCUT2D eigenvalue weighted by Crippen LogP contribution is 2.41. The number of aromatic nitrogens is 4. The number of fused-ring (bicyclic) bond motifs is 2. The largest absolute Gasteiger partial charge is 0.480 e. The van der Waals surface area contributed by atoms with Gasteiger partial charge in [-0.25, -0.2) is 9.18 Å². The van der Waals surface area contributed by atoms with Crippen molar-refractivity contribution in [2.75, 3.05) is 78.2 Å². The average molecular weight is 872 g/mol. The molecule has 7 rings (SSSR count). The Hall–Kier alpha value is -5.01. The number of halogens is 2. The van der Waals surface area contributed by atoms with Gasteiger partial charge in [-0.3, -0.25) is 23.9 Å². The van der Waals surface area contributed by atoms with Crippen LogP contribution in [0.1, 0.15) is 69.9 Å². The van der Waals surface area contributed by atoms with Crippen LogP contribution in [0.15, 0.2) is 36.5 Å². The van der Waals surface area contributed by atoms with Crippen LogP contribution in [-0.2, 0) is 44.7 Å². The molecule has 2 aromatic heterocycles. The molecule has 4 amide bonds. The Bertz CT molecular complexity index is 2100. The molecular formula is C42H57ClFN8O9+.